The van der Waals surface area contributed by atoms with Crippen molar-refractivity contribution in [1.29, 1.82) is 0 Å². The van der Waals surface area contributed by atoms with Crippen LogP contribution < -0.4 is 0 Å². The molecule has 0 fully saturated rings. The van der Waals surface area contributed by atoms with Gasteiger partial charge in [-0.05, 0) is 23.6 Å². The third kappa shape index (κ3) is 1.40. The highest BCUT2D eigenvalue weighted by molar-refractivity contribution is 7.12. The molecule has 14 heavy (non-hydrogen) atoms. The van der Waals surface area contributed by atoms with E-state index in [0.717, 1.165) is 0 Å². The summed E-state index contributed by atoms with van der Waals surface area (Å²) in [6.07, 6.45) is 2.26. The largest absolute Gasteiger partial charge is 0.296 e. The summed E-state index contributed by atoms with van der Waals surface area (Å²) in [6.45, 7) is 0. The number of thiophene rings is 1. The molecular formula is C10H7NO2S. The predicted molar refractivity (Wildman–Crippen MR) is 53.9 cm³/mol. The fraction of sp³-hybridized carbons (Fsp3) is 0. The molecule has 0 aliphatic heterocycles. The maximum absolute atomic E-state index is 11.8. The lowest BCUT2D eigenvalue weighted by Gasteiger charge is -2.00. The summed E-state index contributed by atoms with van der Waals surface area (Å²) < 4.78 is 1.35. The lowest BCUT2D eigenvalue weighted by Crippen LogP contribution is -2.11. The molecule has 3 nitrogen and oxygen atoms in total. The number of aldehydes is 1. The van der Waals surface area contributed by atoms with Gasteiger partial charge in [0.1, 0.15) is 0 Å². The Kier molecular flexibility index (Phi) is 2.28. The Hall–Kier alpha value is -1.68. The highest BCUT2D eigenvalue weighted by atomic mass is 32.1. The second-order valence-electron chi connectivity index (χ2n) is 2.70. The monoisotopic (exact) mass is 205 g/mol. The predicted octanol–water partition coefficient (Wildman–Crippen LogP) is 2.05. The molecule has 0 saturated carbocycles. The summed E-state index contributed by atoms with van der Waals surface area (Å²) >= 11 is 1.36. The first kappa shape index (κ1) is 8.90. The molecule has 0 atom stereocenters. The minimum atomic E-state index is -0.160. The number of aromatic nitrogens is 1. The van der Waals surface area contributed by atoms with Crippen molar-refractivity contribution in [1.82, 2.24) is 4.57 Å². The minimum absolute atomic E-state index is 0.160. The zero-order valence-corrected chi connectivity index (χ0v) is 8.03. The van der Waals surface area contributed by atoms with Crippen molar-refractivity contribution in [2.45, 2.75) is 0 Å². The molecule has 0 radical (unpaired) electrons. The molecule has 0 saturated heterocycles. The molecule has 0 unspecified atom stereocenters. The van der Waals surface area contributed by atoms with Gasteiger partial charge in [0.15, 0.2) is 6.29 Å². The number of hydrogen-bond acceptors (Lipinski definition) is 3. The molecular weight excluding hydrogens is 198 g/mol. The third-order valence-corrected chi connectivity index (χ3v) is 2.71. The molecule has 2 aromatic rings. The van der Waals surface area contributed by atoms with Crippen molar-refractivity contribution < 1.29 is 9.59 Å². The van der Waals surface area contributed by atoms with Gasteiger partial charge in [-0.3, -0.25) is 14.2 Å². The van der Waals surface area contributed by atoms with Crippen LogP contribution in [0.4, 0.5) is 0 Å². The average molecular weight is 205 g/mol. The quantitative estimate of drug-likeness (QED) is 0.704. The molecule has 0 spiro atoms. The van der Waals surface area contributed by atoms with Crippen LogP contribution >= 0.6 is 11.3 Å². The van der Waals surface area contributed by atoms with Crippen molar-refractivity contribution in [2.24, 2.45) is 0 Å². The van der Waals surface area contributed by atoms with Crippen LogP contribution in [0.25, 0.3) is 0 Å². The first-order valence-electron chi connectivity index (χ1n) is 4.03. The van der Waals surface area contributed by atoms with Crippen LogP contribution in [0.2, 0.25) is 0 Å². The van der Waals surface area contributed by atoms with Crippen LogP contribution in [0.5, 0.6) is 0 Å². The first-order chi connectivity index (χ1) is 6.83. The van der Waals surface area contributed by atoms with Gasteiger partial charge >= 0.3 is 0 Å². The lowest BCUT2D eigenvalue weighted by molar-refractivity contribution is 0.0950. The zero-order valence-electron chi connectivity index (χ0n) is 7.21. The molecule has 0 N–H and O–H groups in total. The topological polar surface area (TPSA) is 39.1 Å². The molecule has 2 aromatic heterocycles. The smallest absolute Gasteiger partial charge is 0.272 e. The Balaban J connectivity index is 2.41. The zero-order chi connectivity index (χ0) is 9.97. The normalized spacial score (nSPS) is 10.0. The van der Waals surface area contributed by atoms with Crippen LogP contribution in [-0.4, -0.2) is 16.8 Å². The van der Waals surface area contributed by atoms with E-state index in [1.54, 1.807) is 24.4 Å². The molecule has 0 bridgehead atoms. The van der Waals surface area contributed by atoms with E-state index in [1.165, 1.54) is 15.9 Å². The summed E-state index contributed by atoms with van der Waals surface area (Å²) in [6, 6.07) is 6.83. The van der Waals surface area contributed by atoms with E-state index in [4.69, 9.17) is 0 Å². The molecule has 0 aliphatic carbocycles. The molecule has 2 heterocycles. The fourth-order valence-electron chi connectivity index (χ4n) is 1.19. The molecule has 4 heteroatoms. The van der Waals surface area contributed by atoms with Crippen molar-refractivity contribution in [2.75, 3.05) is 0 Å². The average Bonchev–Trinajstić information content (AvgIpc) is 2.87. The SMILES string of the molecule is O=Cc1cccn1C(=O)c1cccs1. The standard InChI is InChI=1S/C10H7NO2S/c12-7-8-3-1-5-11(8)10(13)9-4-2-6-14-9/h1-7H. The van der Waals surface area contributed by atoms with Gasteiger partial charge in [-0.2, -0.15) is 0 Å². The maximum Gasteiger partial charge on any atom is 0.272 e. The number of carbonyl (C=O) groups excluding carboxylic acids is 2. The summed E-state index contributed by atoms with van der Waals surface area (Å²) in [4.78, 5) is 23.0. The van der Waals surface area contributed by atoms with Crippen molar-refractivity contribution in [3.05, 3.63) is 46.4 Å². The molecule has 70 valence electrons. The van der Waals surface area contributed by atoms with Crippen LogP contribution in [0.3, 0.4) is 0 Å². The molecule has 0 aromatic carbocycles. The van der Waals surface area contributed by atoms with Gasteiger partial charge in [0.2, 0.25) is 0 Å². The first-order valence-corrected chi connectivity index (χ1v) is 4.91. The van der Waals surface area contributed by atoms with E-state index in [2.05, 4.69) is 0 Å². The van der Waals surface area contributed by atoms with Gasteiger partial charge in [0, 0.05) is 6.20 Å². The summed E-state index contributed by atoms with van der Waals surface area (Å²) in [5, 5.41) is 1.83. The van der Waals surface area contributed by atoms with Gasteiger partial charge in [-0.25, -0.2) is 0 Å². The second-order valence-corrected chi connectivity index (χ2v) is 3.65. The van der Waals surface area contributed by atoms with E-state index in [-0.39, 0.29) is 5.91 Å². The van der Waals surface area contributed by atoms with Gasteiger partial charge in [-0.15, -0.1) is 11.3 Å². The van der Waals surface area contributed by atoms with E-state index < -0.39 is 0 Å². The number of nitrogens with zero attached hydrogens (tertiary/aromatic N) is 1. The Morgan fingerprint density at radius 1 is 1.36 bits per heavy atom. The van der Waals surface area contributed by atoms with Gasteiger partial charge in [0.05, 0.1) is 10.6 Å². The summed E-state index contributed by atoms with van der Waals surface area (Å²) in [7, 11) is 0. The van der Waals surface area contributed by atoms with Crippen LogP contribution in [-0.2, 0) is 0 Å². The Bertz CT molecular complexity index is 456. The van der Waals surface area contributed by atoms with Crippen molar-refractivity contribution in [3.8, 4) is 0 Å². The van der Waals surface area contributed by atoms with Gasteiger partial charge in [0.25, 0.3) is 5.91 Å². The number of carbonyl (C=O) groups is 2. The van der Waals surface area contributed by atoms with E-state index in [9.17, 15) is 9.59 Å². The fourth-order valence-corrected chi connectivity index (χ4v) is 1.85. The van der Waals surface area contributed by atoms with Crippen molar-refractivity contribution >= 4 is 23.5 Å². The maximum atomic E-state index is 11.8. The Morgan fingerprint density at radius 2 is 2.21 bits per heavy atom. The van der Waals surface area contributed by atoms with Crippen LogP contribution in [0, 0.1) is 0 Å². The van der Waals surface area contributed by atoms with Crippen LogP contribution in [0.15, 0.2) is 35.8 Å². The Morgan fingerprint density at radius 3 is 2.86 bits per heavy atom. The van der Waals surface area contributed by atoms with E-state index >= 15 is 0 Å². The van der Waals surface area contributed by atoms with Crippen LogP contribution in [0.1, 0.15) is 20.2 Å². The molecule has 0 amide bonds. The molecule has 0 aliphatic rings. The second kappa shape index (κ2) is 3.59. The number of hydrogen-bond donors (Lipinski definition) is 0. The third-order valence-electron chi connectivity index (χ3n) is 1.85. The minimum Gasteiger partial charge on any atom is -0.296 e. The van der Waals surface area contributed by atoms with Crippen molar-refractivity contribution in [3.63, 3.8) is 0 Å². The molecule has 2 rings (SSSR count). The van der Waals surface area contributed by atoms with E-state index in [1.807, 2.05) is 11.4 Å². The summed E-state index contributed by atoms with van der Waals surface area (Å²) in [5.74, 6) is -0.160. The summed E-state index contributed by atoms with van der Waals surface area (Å²) in [5.41, 5.74) is 0.378. The Labute approximate surface area is 84.6 Å². The lowest BCUT2D eigenvalue weighted by atomic mass is 10.4. The highest BCUT2D eigenvalue weighted by Crippen LogP contribution is 2.12. The van der Waals surface area contributed by atoms with E-state index in [0.29, 0.717) is 16.9 Å². The number of rotatable bonds is 2. The highest BCUT2D eigenvalue weighted by Gasteiger charge is 2.11. The van der Waals surface area contributed by atoms with Gasteiger partial charge < -0.3 is 0 Å². The van der Waals surface area contributed by atoms with Gasteiger partial charge in [-0.1, -0.05) is 6.07 Å².